The number of fused-ring (bicyclic) bond motifs is 2. The summed E-state index contributed by atoms with van der Waals surface area (Å²) >= 11 is 0. The first-order chi connectivity index (χ1) is 12.6. The minimum atomic E-state index is -0.759. The average Bonchev–Trinajstić information content (AvgIpc) is 3.17. The number of para-hydroxylation sites is 1. The van der Waals surface area contributed by atoms with Crippen molar-refractivity contribution in [2.24, 2.45) is 11.8 Å². The fourth-order valence-electron chi connectivity index (χ4n) is 6.68. The van der Waals surface area contributed by atoms with E-state index in [-0.39, 0.29) is 17.7 Å². The monoisotopic (exact) mass is 352 g/mol. The van der Waals surface area contributed by atoms with Crippen LogP contribution in [0.2, 0.25) is 0 Å². The number of esters is 1. The third-order valence-electron chi connectivity index (χ3n) is 7.47. The highest BCUT2D eigenvalue weighted by atomic mass is 16.5. The third kappa shape index (κ3) is 1.39. The molecule has 3 aliphatic heterocycles. The first-order valence-electron chi connectivity index (χ1n) is 9.41. The van der Waals surface area contributed by atoms with Gasteiger partial charge in [-0.05, 0) is 31.4 Å². The Hall–Kier alpha value is -2.14. The van der Waals surface area contributed by atoms with Gasteiger partial charge in [-0.3, -0.25) is 14.5 Å². The molecule has 5 nitrogen and oxygen atoms in total. The van der Waals surface area contributed by atoms with Gasteiger partial charge in [0.25, 0.3) is 0 Å². The second kappa shape index (κ2) is 4.97. The number of Topliss-reactive ketones (excluding diaryl/α,β-unsaturated/α-hetero) is 1. The van der Waals surface area contributed by atoms with E-state index in [9.17, 15) is 9.59 Å². The number of allylic oxidation sites excluding steroid dienone is 1. The van der Waals surface area contributed by atoms with Crippen LogP contribution in [-0.4, -0.2) is 49.6 Å². The first kappa shape index (κ1) is 16.1. The van der Waals surface area contributed by atoms with Crippen molar-refractivity contribution in [3.05, 3.63) is 41.5 Å². The predicted molar refractivity (Wildman–Crippen MR) is 97.8 cm³/mol. The van der Waals surface area contributed by atoms with E-state index in [1.54, 1.807) is 0 Å². The Kier molecular flexibility index (Phi) is 3.07. The van der Waals surface area contributed by atoms with Gasteiger partial charge in [-0.15, -0.1) is 0 Å². The minimum absolute atomic E-state index is 0.176. The predicted octanol–water partition coefficient (Wildman–Crippen LogP) is 2.11. The molecule has 3 heterocycles. The van der Waals surface area contributed by atoms with Crippen LogP contribution in [0, 0.1) is 11.8 Å². The van der Waals surface area contributed by atoms with Gasteiger partial charge in [0, 0.05) is 25.8 Å². The summed E-state index contributed by atoms with van der Waals surface area (Å²) in [4.78, 5) is 31.6. The summed E-state index contributed by atoms with van der Waals surface area (Å²) in [6, 6.07) is 8.22. The molecule has 1 aromatic rings. The van der Waals surface area contributed by atoms with Crippen LogP contribution in [0.3, 0.4) is 0 Å². The molecule has 136 valence electrons. The Labute approximate surface area is 153 Å². The SMILES string of the molecule is C/C=C1\CCN2CC[C@@]34c5ccccc5N(C)[C@@]23C(=O)[C@@H]1[C@H]4C(=O)OC. The molecule has 1 aliphatic carbocycles. The van der Waals surface area contributed by atoms with Crippen LogP contribution in [0.4, 0.5) is 5.69 Å². The lowest BCUT2D eigenvalue weighted by Crippen LogP contribution is -2.65. The molecule has 0 amide bonds. The molecule has 4 atom stereocenters. The van der Waals surface area contributed by atoms with Crippen molar-refractivity contribution in [2.45, 2.75) is 30.8 Å². The molecule has 5 rings (SSSR count). The number of anilines is 1. The zero-order valence-corrected chi connectivity index (χ0v) is 15.5. The van der Waals surface area contributed by atoms with Crippen molar-refractivity contribution in [1.82, 2.24) is 4.90 Å². The second-order valence-corrected chi connectivity index (χ2v) is 7.91. The maximum atomic E-state index is 14.0. The van der Waals surface area contributed by atoms with Crippen molar-refractivity contribution in [2.75, 3.05) is 32.1 Å². The van der Waals surface area contributed by atoms with Crippen molar-refractivity contribution in [1.29, 1.82) is 0 Å². The lowest BCUT2D eigenvalue weighted by Gasteiger charge is -2.45. The number of hydrogen-bond acceptors (Lipinski definition) is 5. The van der Waals surface area contributed by atoms with Crippen LogP contribution < -0.4 is 4.90 Å². The number of likely N-dealkylation sites (N-methyl/N-ethyl adjacent to an activating group) is 1. The van der Waals surface area contributed by atoms with Gasteiger partial charge >= 0.3 is 5.97 Å². The molecule has 2 bridgehead atoms. The Balaban J connectivity index is 1.89. The molecule has 1 saturated carbocycles. The van der Waals surface area contributed by atoms with Gasteiger partial charge in [0.1, 0.15) is 0 Å². The van der Waals surface area contributed by atoms with Crippen molar-refractivity contribution in [3.63, 3.8) is 0 Å². The first-order valence-corrected chi connectivity index (χ1v) is 9.41. The molecular formula is C21H24N2O3. The molecule has 1 aromatic carbocycles. The molecule has 5 heteroatoms. The normalized spacial score (nSPS) is 39.1. The molecule has 3 fully saturated rings. The Morgan fingerprint density at radius 2 is 2.08 bits per heavy atom. The maximum absolute atomic E-state index is 14.0. The van der Waals surface area contributed by atoms with Gasteiger partial charge in [-0.25, -0.2) is 0 Å². The number of benzene rings is 1. The van der Waals surface area contributed by atoms with Crippen LogP contribution in [0.15, 0.2) is 35.9 Å². The van der Waals surface area contributed by atoms with E-state index in [2.05, 4.69) is 21.9 Å². The molecule has 0 N–H and O–H groups in total. The maximum Gasteiger partial charge on any atom is 0.310 e. The van der Waals surface area contributed by atoms with E-state index in [1.165, 1.54) is 7.11 Å². The van der Waals surface area contributed by atoms with Crippen LogP contribution in [-0.2, 0) is 19.7 Å². The molecule has 2 saturated heterocycles. The molecule has 4 aliphatic rings. The highest BCUT2D eigenvalue weighted by Crippen LogP contribution is 2.69. The zero-order valence-electron chi connectivity index (χ0n) is 15.5. The topological polar surface area (TPSA) is 49.9 Å². The van der Waals surface area contributed by atoms with Crippen molar-refractivity contribution < 1.29 is 14.3 Å². The zero-order chi connectivity index (χ0) is 18.3. The highest BCUT2D eigenvalue weighted by Gasteiger charge is 2.82. The van der Waals surface area contributed by atoms with Crippen LogP contribution in [0.25, 0.3) is 0 Å². The van der Waals surface area contributed by atoms with E-state index in [1.807, 2.05) is 32.2 Å². The quantitative estimate of drug-likeness (QED) is 0.572. The van der Waals surface area contributed by atoms with Crippen molar-refractivity contribution in [3.8, 4) is 0 Å². The van der Waals surface area contributed by atoms with Crippen LogP contribution in [0.5, 0.6) is 0 Å². The number of nitrogens with zero attached hydrogens (tertiary/aromatic N) is 2. The van der Waals surface area contributed by atoms with Gasteiger partial charge in [-0.1, -0.05) is 29.8 Å². The van der Waals surface area contributed by atoms with Crippen LogP contribution >= 0.6 is 0 Å². The molecule has 0 radical (unpaired) electrons. The largest absolute Gasteiger partial charge is 0.469 e. The van der Waals surface area contributed by atoms with E-state index < -0.39 is 17.0 Å². The smallest absolute Gasteiger partial charge is 0.310 e. The van der Waals surface area contributed by atoms with E-state index in [4.69, 9.17) is 4.74 Å². The van der Waals surface area contributed by atoms with Gasteiger partial charge < -0.3 is 9.64 Å². The van der Waals surface area contributed by atoms with E-state index in [0.717, 1.165) is 42.8 Å². The number of carbonyl (C=O) groups is 2. The second-order valence-electron chi connectivity index (χ2n) is 7.91. The van der Waals surface area contributed by atoms with Gasteiger partial charge in [-0.2, -0.15) is 0 Å². The van der Waals surface area contributed by atoms with E-state index in [0.29, 0.717) is 0 Å². The summed E-state index contributed by atoms with van der Waals surface area (Å²) in [6.45, 7) is 3.67. The molecule has 1 spiro atoms. The minimum Gasteiger partial charge on any atom is -0.469 e. The Bertz CT molecular complexity index is 863. The van der Waals surface area contributed by atoms with Gasteiger partial charge in [0.15, 0.2) is 11.4 Å². The number of methoxy groups -OCH3 is 1. The van der Waals surface area contributed by atoms with Crippen molar-refractivity contribution >= 4 is 17.4 Å². The van der Waals surface area contributed by atoms with Crippen LogP contribution in [0.1, 0.15) is 25.3 Å². The van der Waals surface area contributed by atoms with Gasteiger partial charge in [0.2, 0.25) is 0 Å². The standard InChI is InChI=1S/C21H24N2O3/c1-4-13-9-11-23-12-10-20-14-7-5-6-8-15(14)22(2)21(20,23)18(24)16(13)17(20)19(25)26-3/h4-8,16-17H,9-12H2,1-3H3/b13-4+/t16-,17-,20-,21-/m0/s1. The number of hydrogen-bond donors (Lipinski definition) is 0. The van der Waals surface area contributed by atoms with Gasteiger partial charge in [0.05, 0.1) is 24.4 Å². The summed E-state index contributed by atoms with van der Waals surface area (Å²) < 4.78 is 5.27. The highest BCUT2D eigenvalue weighted by molar-refractivity contribution is 6.08. The van der Waals surface area contributed by atoms with E-state index >= 15 is 0 Å². The summed E-state index contributed by atoms with van der Waals surface area (Å²) in [6.07, 6.45) is 3.69. The molecule has 0 aromatic heterocycles. The summed E-state index contributed by atoms with van der Waals surface area (Å²) in [5.74, 6) is -0.913. The Morgan fingerprint density at radius 3 is 2.81 bits per heavy atom. The lowest BCUT2D eigenvalue weighted by atomic mass is 9.66. The fourth-order valence-corrected chi connectivity index (χ4v) is 6.68. The summed E-state index contributed by atoms with van der Waals surface area (Å²) in [5.41, 5.74) is 2.01. The Morgan fingerprint density at radius 1 is 1.31 bits per heavy atom. The number of ketones is 1. The summed E-state index contributed by atoms with van der Waals surface area (Å²) in [5, 5.41) is 0. The molecule has 0 unspecified atom stereocenters. The third-order valence-corrected chi connectivity index (χ3v) is 7.47. The lowest BCUT2D eigenvalue weighted by molar-refractivity contribution is -0.149. The molecular weight excluding hydrogens is 328 g/mol. The average molecular weight is 352 g/mol. The number of ether oxygens (including phenoxy) is 1. The molecule has 26 heavy (non-hydrogen) atoms. The fraction of sp³-hybridized carbons (Fsp3) is 0.524. The number of carbonyl (C=O) groups excluding carboxylic acids is 2. The summed E-state index contributed by atoms with van der Waals surface area (Å²) in [7, 11) is 3.47. The number of rotatable bonds is 1.